The standard InChI is InChI=1S/C15H30O/c1-3-5-7-8-9-10-11-12-14-15(16)13-6-4-2/h4,6,15-16H,3,5,7-14H2,1-2H3. The number of aliphatic hydroxyl groups is 1. The Labute approximate surface area is 102 Å². The Morgan fingerprint density at radius 2 is 1.50 bits per heavy atom. The summed E-state index contributed by atoms with van der Waals surface area (Å²) in [5, 5.41) is 9.60. The molecule has 0 aromatic rings. The van der Waals surface area contributed by atoms with Crippen LogP contribution in [0.25, 0.3) is 0 Å². The Hall–Kier alpha value is -0.300. The monoisotopic (exact) mass is 226 g/mol. The maximum Gasteiger partial charge on any atom is 0.0574 e. The first kappa shape index (κ1) is 15.7. The quantitative estimate of drug-likeness (QED) is 0.394. The van der Waals surface area contributed by atoms with E-state index in [4.69, 9.17) is 0 Å². The molecule has 1 nitrogen and oxygen atoms in total. The lowest BCUT2D eigenvalue weighted by Crippen LogP contribution is -2.04. The van der Waals surface area contributed by atoms with Gasteiger partial charge >= 0.3 is 0 Å². The van der Waals surface area contributed by atoms with E-state index in [0.29, 0.717) is 0 Å². The minimum atomic E-state index is -0.115. The predicted molar refractivity (Wildman–Crippen MR) is 72.7 cm³/mol. The molecule has 1 atom stereocenters. The van der Waals surface area contributed by atoms with E-state index in [-0.39, 0.29) is 6.10 Å². The van der Waals surface area contributed by atoms with Crippen molar-refractivity contribution in [2.45, 2.75) is 84.2 Å². The highest BCUT2D eigenvalue weighted by Crippen LogP contribution is 2.11. The molecule has 16 heavy (non-hydrogen) atoms. The van der Waals surface area contributed by atoms with Crippen LogP contribution in [0.3, 0.4) is 0 Å². The van der Waals surface area contributed by atoms with Crippen LogP contribution in [0.15, 0.2) is 12.2 Å². The van der Waals surface area contributed by atoms with E-state index in [1.165, 1.54) is 51.4 Å². The number of hydrogen-bond donors (Lipinski definition) is 1. The summed E-state index contributed by atoms with van der Waals surface area (Å²) in [6.07, 6.45) is 16.5. The number of hydrogen-bond acceptors (Lipinski definition) is 1. The molecule has 0 amide bonds. The number of rotatable bonds is 11. The van der Waals surface area contributed by atoms with Crippen molar-refractivity contribution in [3.05, 3.63) is 12.2 Å². The summed E-state index contributed by atoms with van der Waals surface area (Å²) in [5.74, 6) is 0. The van der Waals surface area contributed by atoms with E-state index in [9.17, 15) is 5.11 Å². The summed E-state index contributed by atoms with van der Waals surface area (Å²) in [5.41, 5.74) is 0. The van der Waals surface area contributed by atoms with Crippen molar-refractivity contribution in [2.75, 3.05) is 0 Å². The second kappa shape index (κ2) is 12.8. The van der Waals surface area contributed by atoms with Crippen LogP contribution in [0.1, 0.15) is 78.1 Å². The summed E-state index contributed by atoms with van der Waals surface area (Å²) in [6.45, 7) is 4.26. The van der Waals surface area contributed by atoms with Gasteiger partial charge in [-0.1, -0.05) is 70.4 Å². The Balaban J connectivity index is 3.08. The normalized spacial score (nSPS) is 13.4. The van der Waals surface area contributed by atoms with Gasteiger partial charge in [0, 0.05) is 0 Å². The third-order valence-corrected chi connectivity index (χ3v) is 3.03. The summed E-state index contributed by atoms with van der Waals surface area (Å²) in [4.78, 5) is 0. The fourth-order valence-corrected chi connectivity index (χ4v) is 1.92. The highest BCUT2D eigenvalue weighted by Gasteiger charge is 2.00. The topological polar surface area (TPSA) is 20.2 Å². The van der Waals surface area contributed by atoms with Crippen LogP contribution < -0.4 is 0 Å². The SMILES string of the molecule is CC=CCC(O)CCCCCCCCCC. The van der Waals surface area contributed by atoms with E-state index in [1.807, 2.05) is 13.0 Å². The van der Waals surface area contributed by atoms with E-state index >= 15 is 0 Å². The Kier molecular flexibility index (Phi) is 12.5. The molecular weight excluding hydrogens is 196 g/mol. The molecule has 0 aromatic carbocycles. The molecule has 0 spiro atoms. The van der Waals surface area contributed by atoms with Gasteiger partial charge in [0.05, 0.1) is 6.10 Å². The van der Waals surface area contributed by atoms with E-state index in [0.717, 1.165) is 12.8 Å². The molecule has 1 N–H and O–H groups in total. The van der Waals surface area contributed by atoms with Gasteiger partial charge in [0.25, 0.3) is 0 Å². The summed E-state index contributed by atoms with van der Waals surface area (Å²) in [7, 11) is 0. The Bertz CT molecular complexity index is 152. The zero-order chi connectivity index (χ0) is 12.1. The van der Waals surface area contributed by atoms with Crippen molar-refractivity contribution in [1.29, 1.82) is 0 Å². The van der Waals surface area contributed by atoms with Gasteiger partial charge in [-0.05, 0) is 19.8 Å². The first-order valence-electron chi connectivity index (χ1n) is 7.10. The number of aliphatic hydroxyl groups excluding tert-OH is 1. The van der Waals surface area contributed by atoms with Crippen molar-refractivity contribution in [1.82, 2.24) is 0 Å². The van der Waals surface area contributed by atoms with Crippen LogP contribution in [-0.2, 0) is 0 Å². The molecule has 0 fully saturated rings. The Morgan fingerprint density at radius 1 is 0.938 bits per heavy atom. The molecule has 0 aliphatic heterocycles. The van der Waals surface area contributed by atoms with E-state index < -0.39 is 0 Å². The second-order valence-electron chi connectivity index (χ2n) is 4.72. The van der Waals surface area contributed by atoms with Gasteiger partial charge in [0.2, 0.25) is 0 Å². The fourth-order valence-electron chi connectivity index (χ4n) is 1.92. The molecule has 0 aliphatic carbocycles. The molecule has 0 aromatic heterocycles. The van der Waals surface area contributed by atoms with Crippen molar-refractivity contribution in [2.24, 2.45) is 0 Å². The van der Waals surface area contributed by atoms with E-state index in [1.54, 1.807) is 0 Å². The number of unbranched alkanes of at least 4 members (excludes halogenated alkanes) is 7. The summed E-state index contributed by atoms with van der Waals surface area (Å²) < 4.78 is 0. The molecule has 96 valence electrons. The van der Waals surface area contributed by atoms with Gasteiger partial charge < -0.3 is 5.11 Å². The highest BCUT2D eigenvalue weighted by molar-refractivity contribution is 4.79. The zero-order valence-electron chi connectivity index (χ0n) is 11.3. The smallest absolute Gasteiger partial charge is 0.0574 e. The molecule has 0 radical (unpaired) electrons. The average Bonchev–Trinajstić information content (AvgIpc) is 2.30. The van der Waals surface area contributed by atoms with Gasteiger partial charge in [-0.25, -0.2) is 0 Å². The third-order valence-electron chi connectivity index (χ3n) is 3.03. The first-order chi connectivity index (χ1) is 7.81. The predicted octanol–water partition coefficient (Wildman–Crippen LogP) is 4.84. The van der Waals surface area contributed by atoms with Crippen LogP contribution in [0.2, 0.25) is 0 Å². The molecule has 0 bridgehead atoms. The minimum absolute atomic E-state index is 0.115. The summed E-state index contributed by atoms with van der Waals surface area (Å²) >= 11 is 0. The molecule has 1 heteroatoms. The maximum atomic E-state index is 9.60. The lowest BCUT2D eigenvalue weighted by atomic mass is 10.0. The van der Waals surface area contributed by atoms with Gasteiger partial charge in [-0.2, -0.15) is 0 Å². The molecule has 0 saturated heterocycles. The first-order valence-corrected chi connectivity index (χ1v) is 7.10. The zero-order valence-corrected chi connectivity index (χ0v) is 11.3. The van der Waals surface area contributed by atoms with Crippen molar-refractivity contribution >= 4 is 0 Å². The minimum Gasteiger partial charge on any atom is -0.393 e. The molecule has 0 saturated carbocycles. The largest absolute Gasteiger partial charge is 0.393 e. The molecular formula is C15H30O. The maximum absolute atomic E-state index is 9.60. The van der Waals surface area contributed by atoms with Crippen LogP contribution in [0, 0.1) is 0 Å². The van der Waals surface area contributed by atoms with Gasteiger partial charge in [-0.15, -0.1) is 0 Å². The molecule has 0 aliphatic rings. The van der Waals surface area contributed by atoms with Gasteiger partial charge in [0.1, 0.15) is 0 Å². The van der Waals surface area contributed by atoms with Crippen molar-refractivity contribution in [3.63, 3.8) is 0 Å². The highest BCUT2D eigenvalue weighted by atomic mass is 16.3. The molecule has 1 unspecified atom stereocenters. The van der Waals surface area contributed by atoms with Gasteiger partial charge in [-0.3, -0.25) is 0 Å². The summed E-state index contributed by atoms with van der Waals surface area (Å²) in [6, 6.07) is 0. The molecule has 0 rings (SSSR count). The van der Waals surface area contributed by atoms with Crippen molar-refractivity contribution < 1.29 is 5.11 Å². The lowest BCUT2D eigenvalue weighted by Gasteiger charge is -2.07. The van der Waals surface area contributed by atoms with Crippen LogP contribution in [0.4, 0.5) is 0 Å². The van der Waals surface area contributed by atoms with Crippen LogP contribution in [0.5, 0.6) is 0 Å². The van der Waals surface area contributed by atoms with E-state index in [2.05, 4.69) is 13.0 Å². The van der Waals surface area contributed by atoms with Crippen LogP contribution in [-0.4, -0.2) is 11.2 Å². The molecule has 0 heterocycles. The lowest BCUT2D eigenvalue weighted by molar-refractivity contribution is 0.163. The third kappa shape index (κ3) is 11.8. The van der Waals surface area contributed by atoms with Crippen molar-refractivity contribution in [3.8, 4) is 0 Å². The van der Waals surface area contributed by atoms with Gasteiger partial charge in [0.15, 0.2) is 0 Å². The average molecular weight is 226 g/mol. The fraction of sp³-hybridized carbons (Fsp3) is 0.867. The second-order valence-corrected chi connectivity index (χ2v) is 4.72. The van der Waals surface area contributed by atoms with Crippen LogP contribution >= 0.6 is 0 Å². The number of allylic oxidation sites excluding steroid dienone is 1. The Morgan fingerprint density at radius 3 is 2.06 bits per heavy atom.